The van der Waals surface area contributed by atoms with Crippen molar-refractivity contribution in [2.75, 3.05) is 7.11 Å². The van der Waals surface area contributed by atoms with E-state index in [4.69, 9.17) is 9.47 Å². The number of carbonyl (C=O) groups excluding carboxylic acids is 2. The van der Waals surface area contributed by atoms with E-state index in [1.54, 1.807) is 7.11 Å². The van der Waals surface area contributed by atoms with Gasteiger partial charge in [-0.25, -0.2) is 0 Å². The minimum absolute atomic E-state index is 0.0141. The summed E-state index contributed by atoms with van der Waals surface area (Å²) < 4.78 is 10.7. The van der Waals surface area contributed by atoms with E-state index in [-0.39, 0.29) is 29.4 Å². The van der Waals surface area contributed by atoms with Crippen molar-refractivity contribution >= 4 is 11.9 Å². The fourth-order valence-electron chi connectivity index (χ4n) is 8.09. The molecule has 4 aliphatic rings. The van der Waals surface area contributed by atoms with Crippen LogP contribution in [0.4, 0.5) is 0 Å². The third kappa shape index (κ3) is 2.93. The summed E-state index contributed by atoms with van der Waals surface area (Å²) in [6.07, 6.45) is 10.5. The average Bonchev–Trinajstić information content (AvgIpc) is 2.98. The molecule has 0 unspecified atom stereocenters. The molecule has 27 heavy (non-hydrogen) atoms. The fourth-order valence-corrected chi connectivity index (χ4v) is 8.09. The van der Waals surface area contributed by atoms with Crippen LogP contribution in [0.1, 0.15) is 78.6 Å². The van der Waals surface area contributed by atoms with Crippen LogP contribution in [0.2, 0.25) is 0 Å². The second-order valence-corrected chi connectivity index (χ2v) is 10.4. The highest BCUT2D eigenvalue weighted by molar-refractivity contribution is 5.73. The molecule has 4 rings (SSSR count). The Labute approximate surface area is 163 Å². The highest BCUT2D eigenvalue weighted by atomic mass is 16.5. The lowest BCUT2D eigenvalue weighted by molar-refractivity contribution is -0.164. The molecule has 152 valence electrons. The summed E-state index contributed by atoms with van der Waals surface area (Å²) in [6, 6.07) is 0. The van der Waals surface area contributed by atoms with Crippen molar-refractivity contribution in [2.24, 2.45) is 40.4 Å². The molecule has 0 aromatic heterocycles. The summed E-state index contributed by atoms with van der Waals surface area (Å²) in [5.41, 5.74) is 0.511. The van der Waals surface area contributed by atoms with Crippen LogP contribution < -0.4 is 0 Å². The van der Waals surface area contributed by atoms with Gasteiger partial charge < -0.3 is 9.47 Å². The molecule has 4 aliphatic carbocycles. The van der Waals surface area contributed by atoms with Crippen molar-refractivity contribution in [3.05, 3.63) is 0 Å². The largest absolute Gasteiger partial charge is 0.469 e. The summed E-state index contributed by atoms with van der Waals surface area (Å²) >= 11 is 0. The predicted octanol–water partition coefficient (Wildman–Crippen LogP) is 4.75. The molecule has 0 aromatic rings. The van der Waals surface area contributed by atoms with E-state index >= 15 is 0 Å². The van der Waals surface area contributed by atoms with Crippen LogP contribution in [0.5, 0.6) is 0 Å². The molecular formula is C23H36O4. The van der Waals surface area contributed by atoms with Gasteiger partial charge in [0.15, 0.2) is 0 Å². The summed E-state index contributed by atoms with van der Waals surface area (Å²) in [4.78, 5) is 23.8. The molecule has 0 aromatic carbocycles. The van der Waals surface area contributed by atoms with Gasteiger partial charge in [-0.1, -0.05) is 13.8 Å². The van der Waals surface area contributed by atoms with Crippen molar-refractivity contribution < 1.29 is 19.1 Å². The highest BCUT2D eigenvalue weighted by Crippen LogP contribution is 2.67. The van der Waals surface area contributed by atoms with Crippen molar-refractivity contribution in [1.82, 2.24) is 0 Å². The van der Waals surface area contributed by atoms with Crippen LogP contribution in [-0.2, 0) is 19.1 Å². The van der Waals surface area contributed by atoms with Crippen LogP contribution in [0.3, 0.4) is 0 Å². The quantitative estimate of drug-likeness (QED) is 0.653. The van der Waals surface area contributed by atoms with Gasteiger partial charge in [0.05, 0.1) is 13.0 Å². The lowest BCUT2D eigenvalue weighted by Crippen LogP contribution is -2.54. The molecule has 0 heterocycles. The first-order valence-electron chi connectivity index (χ1n) is 11.0. The molecule has 0 amide bonds. The summed E-state index contributed by atoms with van der Waals surface area (Å²) in [5, 5.41) is 0. The number of ether oxygens (including phenoxy) is 2. The molecule has 4 saturated carbocycles. The lowest BCUT2D eigenvalue weighted by atomic mass is 9.44. The molecule has 0 N–H and O–H groups in total. The van der Waals surface area contributed by atoms with Crippen molar-refractivity contribution in [3.63, 3.8) is 0 Å². The first kappa shape index (κ1) is 19.3. The minimum Gasteiger partial charge on any atom is -0.469 e. The Morgan fingerprint density at radius 3 is 2.30 bits per heavy atom. The Morgan fingerprint density at radius 2 is 1.59 bits per heavy atom. The number of esters is 2. The zero-order valence-corrected chi connectivity index (χ0v) is 17.5. The SMILES string of the molecule is COC(=O)[C@@H]1CC[C@@H]2[C@H]3CC[C@H]4C[C@H](OC(C)=O)CC[C@]4(C)[C@@H]3CC[C@@]21C. The summed E-state index contributed by atoms with van der Waals surface area (Å²) in [6.45, 7) is 6.42. The van der Waals surface area contributed by atoms with Gasteiger partial charge >= 0.3 is 11.9 Å². The molecular weight excluding hydrogens is 340 g/mol. The normalized spacial score (nSPS) is 48.7. The van der Waals surface area contributed by atoms with E-state index in [9.17, 15) is 9.59 Å². The molecule has 0 aliphatic heterocycles. The minimum atomic E-state index is -0.134. The molecule has 0 bridgehead atoms. The predicted molar refractivity (Wildman–Crippen MR) is 103 cm³/mol. The van der Waals surface area contributed by atoms with E-state index in [1.165, 1.54) is 39.0 Å². The molecule has 4 heteroatoms. The maximum absolute atomic E-state index is 12.4. The first-order chi connectivity index (χ1) is 12.8. The van der Waals surface area contributed by atoms with Crippen LogP contribution in [0.15, 0.2) is 0 Å². The van der Waals surface area contributed by atoms with E-state index in [1.807, 2.05) is 0 Å². The number of rotatable bonds is 2. The first-order valence-corrected chi connectivity index (χ1v) is 11.0. The van der Waals surface area contributed by atoms with Crippen LogP contribution in [0, 0.1) is 40.4 Å². The molecule has 8 atom stereocenters. The smallest absolute Gasteiger partial charge is 0.309 e. The Hall–Kier alpha value is -1.06. The van der Waals surface area contributed by atoms with Gasteiger partial charge in [0.1, 0.15) is 6.10 Å². The summed E-state index contributed by atoms with van der Waals surface area (Å²) in [7, 11) is 1.54. The lowest BCUT2D eigenvalue weighted by Gasteiger charge is -2.60. The molecule has 0 radical (unpaired) electrons. The molecule has 0 saturated heterocycles. The zero-order valence-electron chi connectivity index (χ0n) is 17.5. The van der Waals surface area contributed by atoms with Crippen molar-refractivity contribution in [3.8, 4) is 0 Å². The number of carbonyl (C=O) groups is 2. The van der Waals surface area contributed by atoms with Crippen LogP contribution in [0.25, 0.3) is 0 Å². The van der Waals surface area contributed by atoms with Crippen LogP contribution >= 0.6 is 0 Å². The van der Waals surface area contributed by atoms with E-state index < -0.39 is 0 Å². The topological polar surface area (TPSA) is 52.6 Å². The van der Waals surface area contributed by atoms with Gasteiger partial charge in [0.25, 0.3) is 0 Å². The van der Waals surface area contributed by atoms with Crippen molar-refractivity contribution in [2.45, 2.75) is 84.7 Å². The van der Waals surface area contributed by atoms with Gasteiger partial charge in [-0.05, 0) is 92.3 Å². The number of hydrogen-bond donors (Lipinski definition) is 0. The van der Waals surface area contributed by atoms with Gasteiger partial charge in [-0.3, -0.25) is 9.59 Å². The van der Waals surface area contributed by atoms with Gasteiger partial charge in [-0.15, -0.1) is 0 Å². The Morgan fingerprint density at radius 1 is 0.889 bits per heavy atom. The third-order valence-corrected chi connectivity index (χ3v) is 9.44. The standard InChI is InChI=1S/C23H36O4/c1-14(24)27-16-9-11-22(2)15(13-16)5-6-17-18-7-8-20(21(25)26-4)23(18,3)12-10-19(17)22/h15-20H,5-13H2,1-4H3/t15-,16+,17+,18+,19+,20-,22-,23-/m0/s1. The second-order valence-electron chi connectivity index (χ2n) is 10.4. The molecule has 4 nitrogen and oxygen atoms in total. The average molecular weight is 377 g/mol. The van der Waals surface area contributed by atoms with Gasteiger partial charge in [-0.2, -0.15) is 0 Å². The van der Waals surface area contributed by atoms with E-state index in [0.717, 1.165) is 37.5 Å². The maximum Gasteiger partial charge on any atom is 0.309 e. The van der Waals surface area contributed by atoms with E-state index in [0.29, 0.717) is 17.3 Å². The Bertz CT molecular complexity index is 615. The fraction of sp³-hybridized carbons (Fsp3) is 0.913. The number of methoxy groups -OCH3 is 1. The van der Waals surface area contributed by atoms with Crippen LogP contribution in [-0.4, -0.2) is 25.2 Å². The maximum atomic E-state index is 12.4. The van der Waals surface area contributed by atoms with E-state index in [2.05, 4.69) is 13.8 Å². The number of hydrogen-bond acceptors (Lipinski definition) is 4. The van der Waals surface area contributed by atoms with Gasteiger partial charge in [0.2, 0.25) is 0 Å². The number of fused-ring (bicyclic) bond motifs is 5. The Balaban J connectivity index is 1.53. The third-order valence-electron chi connectivity index (χ3n) is 9.44. The van der Waals surface area contributed by atoms with Gasteiger partial charge in [0, 0.05) is 6.92 Å². The monoisotopic (exact) mass is 376 g/mol. The molecule has 0 spiro atoms. The second kappa shape index (κ2) is 6.77. The Kier molecular flexibility index (Phi) is 4.83. The highest BCUT2D eigenvalue weighted by Gasteiger charge is 2.61. The molecule has 4 fully saturated rings. The van der Waals surface area contributed by atoms with Crippen molar-refractivity contribution in [1.29, 1.82) is 0 Å². The summed E-state index contributed by atoms with van der Waals surface area (Å²) in [5.74, 6) is 2.85. The zero-order chi connectivity index (χ0) is 19.4.